The smallest absolute Gasteiger partial charge is 0.303 e. The van der Waals surface area contributed by atoms with Crippen LogP contribution in [0.25, 0.3) is 22.2 Å². The lowest BCUT2D eigenvalue weighted by atomic mass is 9.90. The number of carbonyl (C=O) groups is 2. The number of nitrogens with zero attached hydrogens (tertiary/aromatic N) is 2. The van der Waals surface area contributed by atoms with Crippen molar-refractivity contribution < 1.29 is 29.3 Å². The van der Waals surface area contributed by atoms with Crippen LogP contribution in [-0.2, 0) is 38.8 Å². The van der Waals surface area contributed by atoms with Crippen molar-refractivity contribution in [2.24, 2.45) is 5.92 Å². The molecule has 5 aromatic rings. The number of aliphatic hydroxyl groups is 1. The number of hydrogen-bond donors (Lipinski definition) is 3. The van der Waals surface area contributed by atoms with Gasteiger partial charge in [0.2, 0.25) is 5.91 Å². The fourth-order valence-electron chi connectivity index (χ4n) is 5.96. The largest absolute Gasteiger partial charge is 0.481 e. The zero-order valence-electron chi connectivity index (χ0n) is 25.6. The number of carboxylic acid groups (broad SMARTS) is 1. The van der Waals surface area contributed by atoms with Crippen molar-refractivity contribution in [3.8, 4) is 11.1 Å². The van der Waals surface area contributed by atoms with Crippen LogP contribution in [0, 0.1) is 5.92 Å². The quantitative estimate of drug-likeness (QED) is 0.162. The van der Waals surface area contributed by atoms with Crippen LogP contribution < -0.4 is 5.32 Å². The molecular formula is C37H37N3O6. The monoisotopic (exact) mass is 619 g/mol. The second-order valence-corrected chi connectivity index (χ2v) is 11.7. The third kappa shape index (κ3) is 7.02. The van der Waals surface area contributed by atoms with Crippen LogP contribution in [0.3, 0.4) is 0 Å². The highest BCUT2D eigenvalue weighted by atomic mass is 16.7. The van der Waals surface area contributed by atoms with Gasteiger partial charge in [-0.15, -0.1) is 0 Å². The number of amides is 1. The first-order valence-corrected chi connectivity index (χ1v) is 15.5. The average molecular weight is 620 g/mol. The number of benzene rings is 4. The lowest BCUT2D eigenvalue weighted by molar-refractivity contribution is -0.276. The molecule has 1 aliphatic rings. The van der Waals surface area contributed by atoms with E-state index in [0.717, 1.165) is 44.4 Å². The van der Waals surface area contributed by atoms with Gasteiger partial charge in [0.25, 0.3) is 0 Å². The number of carboxylic acids is 1. The van der Waals surface area contributed by atoms with Crippen molar-refractivity contribution in [3.63, 3.8) is 0 Å². The van der Waals surface area contributed by atoms with Gasteiger partial charge in [0.1, 0.15) is 0 Å². The SMILES string of the molecule is C[C@@H]1[C@H](Cn2cnc3ccccc32)O[C@H](c2ccc(-c3ccccc3CNC(=O)CCC(=O)O)cc2)O[C@@H]1c1ccc(CO)cc1. The van der Waals surface area contributed by atoms with Gasteiger partial charge in [-0.25, -0.2) is 4.98 Å². The number of ether oxygens (including phenoxy) is 2. The maximum Gasteiger partial charge on any atom is 0.303 e. The molecule has 1 aliphatic heterocycles. The van der Waals surface area contributed by atoms with Crippen LogP contribution in [0.5, 0.6) is 0 Å². The molecule has 46 heavy (non-hydrogen) atoms. The number of fused-ring (bicyclic) bond motifs is 1. The molecule has 6 rings (SSSR count). The standard InChI is InChI=1S/C37H37N3O6/c1-24-33(21-40-23-39-31-8-4-5-9-32(31)40)45-37(46-36(24)27-12-10-25(22-41)11-13-27)28-16-14-26(15-17-28)30-7-3-2-6-29(30)20-38-34(42)18-19-35(43)44/h2-17,23-24,33,36-37,41H,18-22H2,1H3,(H,38,42)(H,43,44)/t24-,33+,36+,37+/m1/s1. The Morgan fingerprint density at radius 1 is 0.870 bits per heavy atom. The molecule has 9 nitrogen and oxygen atoms in total. The Hall–Kier alpha value is -4.83. The van der Waals surface area contributed by atoms with E-state index >= 15 is 0 Å². The molecule has 2 heterocycles. The third-order valence-electron chi connectivity index (χ3n) is 8.58. The summed E-state index contributed by atoms with van der Waals surface area (Å²) < 4.78 is 15.5. The van der Waals surface area contributed by atoms with E-state index in [1.54, 1.807) is 0 Å². The molecule has 1 aromatic heterocycles. The van der Waals surface area contributed by atoms with Gasteiger partial charge in [-0.2, -0.15) is 0 Å². The molecule has 0 aliphatic carbocycles. The molecule has 0 unspecified atom stereocenters. The molecule has 0 saturated carbocycles. The van der Waals surface area contributed by atoms with Gasteiger partial charge in [0.05, 0.1) is 49.1 Å². The highest BCUT2D eigenvalue weighted by Gasteiger charge is 2.38. The fraction of sp³-hybridized carbons (Fsp3) is 0.270. The van der Waals surface area contributed by atoms with Gasteiger partial charge in [-0.3, -0.25) is 9.59 Å². The molecule has 0 radical (unpaired) electrons. The van der Waals surface area contributed by atoms with Crippen LogP contribution in [0.2, 0.25) is 0 Å². The second-order valence-electron chi connectivity index (χ2n) is 11.7. The Morgan fingerprint density at radius 2 is 1.59 bits per heavy atom. The molecule has 9 heteroatoms. The first-order chi connectivity index (χ1) is 22.4. The Bertz CT molecular complexity index is 1800. The molecule has 3 N–H and O–H groups in total. The van der Waals surface area contributed by atoms with E-state index in [1.165, 1.54) is 0 Å². The van der Waals surface area contributed by atoms with Crippen LogP contribution in [0.4, 0.5) is 0 Å². The predicted octanol–water partition coefficient (Wildman–Crippen LogP) is 6.17. The molecular weight excluding hydrogens is 582 g/mol. The summed E-state index contributed by atoms with van der Waals surface area (Å²) >= 11 is 0. The van der Waals surface area contributed by atoms with Crippen molar-refractivity contribution in [3.05, 3.63) is 126 Å². The average Bonchev–Trinajstić information content (AvgIpc) is 3.50. The van der Waals surface area contributed by atoms with Gasteiger partial charge in [-0.05, 0) is 39.9 Å². The molecule has 0 bridgehead atoms. The van der Waals surface area contributed by atoms with E-state index in [2.05, 4.69) is 27.9 Å². The second kappa shape index (κ2) is 14.1. The van der Waals surface area contributed by atoms with Crippen molar-refractivity contribution in [1.82, 2.24) is 14.9 Å². The zero-order valence-corrected chi connectivity index (χ0v) is 25.6. The van der Waals surface area contributed by atoms with Crippen molar-refractivity contribution >= 4 is 22.9 Å². The van der Waals surface area contributed by atoms with E-state index in [1.807, 2.05) is 97.3 Å². The van der Waals surface area contributed by atoms with Crippen molar-refractivity contribution in [1.29, 1.82) is 0 Å². The van der Waals surface area contributed by atoms with E-state index in [9.17, 15) is 14.7 Å². The number of hydrogen-bond acceptors (Lipinski definition) is 6. The lowest BCUT2D eigenvalue weighted by Crippen LogP contribution is -2.39. The first kappa shape index (κ1) is 31.2. The van der Waals surface area contributed by atoms with Crippen LogP contribution in [0.1, 0.15) is 54.4 Å². The van der Waals surface area contributed by atoms with E-state index in [4.69, 9.17) is 14.6 Å². The Labute approximate surface area is 267 Å². The summed E-state index contributed by atoms with van der Waals surface area (Å²) in [7, 11) is 0. The molecule has 4 aromatic carbocycles. The van der Waals surface area contributed by atoms with Gasteiger partial charge < -0.3 is 29.6 Å². The Balaban J connectivity index is 1.24. The first-order valence-electron chi connectivity index (χ1n) is 15.5. The summed E-state index contributed by atoms with van der Waals surface area (Å²) in [6.07, 6.45) is 0.568. The molecule has 236 valence electrons. The minimum absolute atomic E-state index is 0.0179. The fourth-order valence-corrected chi connectivity index (χ4v) is 5.96. The summed E-state index contributed by atoms with van der Waals surface area (Å²) in [6.45, 7) is 3.03. The van der Waals surface area contributed by atoms with Gasteiger partial charge in [-0.1, -0.05) is 91.9 Å². The summed E-state index contributed by atoms with van der Waals surface area (Å²) in [5.74, 6) is -1.27. The van der Waals surface area contributed by atoms with Crippen molar-refractivity contribution in [2.75, 3.05) is 0 Å². The predicted molar refractivity (Wildman–Crippen MR) is 173 cm³/mol. The number of aliphatic hydroxyl groups excluding tert-OH is 1. The highest BCUT2D eigenvalue weighted by Crippen LogP contribution is 2.42. The number of carbonyl (C=O) groups excluding carboxylic acids is 1. The lowest BCUT2D eigenvalue weighted by Gasteiger charge is -2.41. The van der Waals surface area contributed by atoms with Gasteiger partial charge in [0.15, 0.2) is 6.29 Å². The molecule has 1 amide bonds. The molecule has 1 saturated heterocycles. The Kier molecular flexibility index (Phi) is 9.54. The zero-order chi connectivity index (χ0) is 32.0. The molecule has 0 spiro atoms. The number of para-hydroxylation sites is 2. The highest BCUT2D eigenvalue weighted by molar-refractivity contribution is 5.81. The number of aromatic nitrogens is 2. The van der Waals surface area contributed by atoms with Crippen LogP contribution in [-0.4, -0.2) is 37.7 Å². The maximum atomic E-state index is 12.1. The van der Waals surface area contributed by atoms with E-state index in [0.29, 0.717) is 13.1 Å². The van der Waals surface area contributed by atoms with Gasteiger partial charge >= 0.3 is 5.97 Å². The summed E-state index contributed by atoms with van der Waals surface area (Å²) in [6, 6.07) is 31.8. The van der Waals surface area contributed by atoms with Gasteiger partial charge in [0, 0.05) is 24.4 Å². The van der Waals surface area contributed by atoms with E-state index in [-0.39, 0.29) is 43.5 Å². The number of aliphatic carboxylic acids is 1. The third-order valence-corrected chi connectivity index (χ3v) is 8.58. The van der Waals surface area contributed by atoms with E-state index < -0.39 is 12.3 Å². The topological polar surface area (TPSA) is 123 Å². The van der Waals surface area contributed by atoms with Crippen molar-refractivity contribution in [2.45, 2.75) is 58.0 Å². The van der Waals surface area contributed by atoms with Crippen LogP contribution >= 0.6 is 0 Å². The van der Waals surface area contributed by atoms with Crippen LogP contribution in [0.15, 0.2) is 103 Å². The number of imidazole rings is 1. The molecule has 4 atom stereocenters. The summed E-state index contributed by atoms with van der Waals surface area (Å²) in [4.78, 5) is 27.5. The summed E-state index contributed by atoms with van der Waals surface area (Å²) in [5.41, 5.74) is 7.60. The summed E-state index contributed by atoms with van der Waals surface area (Å²) in [5, 5.41) is 21.3. The maximum absolute atomic E-state index is 12.1. The minimum Gasteiger partial charge on any atom is -0.481 e. The molecule has 1 fully saturated rings. The number of rotatable bonds is 11. The Morgan fingerprint density at radius 3 is 2.35 bits per heavy atom. The normalized spacial score (nSPS) is 19.6. The minimum atomic E-state index is -0.997. The number of nitrogens with one attached hydrogen (secondary N) is 1.